The van der Waals surface area contributed by atoms with Crippen molar-refractivity contribution in [3.05, 3.63) is 34.9 Å². The second-order valence-corrected chi connectivity index (χ2v) is 5.42. The SMILES string of the molecule is C[NH2+][C@H](CC[NH+]1CCCC1)c1ccc(Cl)cc1. The van der Waals surface area contributed by atoms with Gasteiger partial charge in [-0.25, -0.2) is 0 Å². The molecular weight excluding hydrogens is 232 g/mol. The molecule has 0 amide bonds. The predicted molar refractivity (Wildman–Crippen MR) is 71.5 cm³/mol. The summed E-state index contributed by atoms with van der Waals surface area (Å²) in [6.45, 7) is 4.05. The lowest BCUT2D eigenvalue weighted by atomic mass is 10.0. The zero-order valence-electron chi connectivity index (χ0n) is 10.6. The Morgan fingerprint density at radius 1 is 1.24 bits per heavy atom. The van der Waals surface area contributed by atoms with Gasteiger partial charge in [0.05, 0.1) is 33.1 Å². The fourth-order valence-electron chi connectivity index (χ4n) is 2.72. The molecule has 0 unspecified atom stereocenters. The van der Waals surface area contributed by atoms with Gasteiger partial charge >= 0.3 is 0 Å². The van der Waals surface area contributed by atoms with Crippen LogP contribution in [0.5, 0.6) is 0 Å². The van der Waals surface area contributed by atoms with E-state index in [2.05, 4.69) is 24.5 Å². The first-order valence-electron chi connectivity index (χ1n) is 6.68. The van der Waals surface area contributed by atoms with Crippen molar-refractivity contribution < 1.29 is 10.2 Å². The number of rotatable bonds is 5. The van der Waals surface area contributed by atoms with Crippen LogP contribution in [0, 0.1) is 0 Å². The van der Waals surface area contributed by atoms with E-state index in [-0.39, 0.29) is 0 Å². The molecule has 17 heavy (non-hydrogen) atoms. The first-order valence-corrected chi connectivity index (χ1v) is 7.06. The van der Waals surface area contributed by atoms with Crippen LogP contribution in [0.25, 0.3) is 0 Å². The molecule has 0 aliphatic carbocycles. The molecule has 0 radical (unpaired) electrons. The van der Waals surface area contributed by atoms with Crippen molar-refractivity contribution in [2.45, 2.75) is 25.3 Å². The third-order valence-corrected chi connectivity index (χ3v) is 4.07. The molecule has 3 heteroatoms. The van der Waals surface area contributed by atoms with Crippen molar-refractivity contribution in [1.82, 2.24) is 0 Å². The molecule has 0 aromatic heterocycles. The number of nitrogens with two attached hydrogens (primary N) is 1. The van der Waals surface area contributed by atoms with Crippen LogP contribution in [-0.2, 0) is 0 Å². The molecule has 2 nitrogen and oxygen atoms in total. The minimum atomic E-state index is 0.584. The summed E-state index contributed by atoms with van der Waals surface area (Å²) in [5.74, 6) is 0. The maximum absolute atomic E-state index is 5.93. The van der Waals surface area contributed by atoms with Crippen LogP contribution in [0.2, 0.25) is 5.02 Å². The topological polar surface area (TPSA) is 21.1 Å². The van der Waals surface area contributed by atoms with E-state index in [0.717, 1.165) is 5.02 Å². The molecule has 1 atom stereocenters. The van der Waals surface area contributed by atoms with Crippen molar-refractivity contribution in [2.24, 2.45) is 0 Å². The molecule has 94 valence electrons. The van der Waals surface area contributed by atoms with Gasteiger partial charge in [0.25, 0.3) is 0 Å². The van der Waals surface area contributed by atoms with E-state index in [0.29, 0.717) is 6.04 Å². The molecule has 2 rings (SSSR count). The summed E-state index contributed by atoms with van der Waals surface area (Å²) < 4.78 is 0. The Morgan fingerprint density at radius 2 is 1.88 bits per heavy atom. The lowest BCUT2D eigenvalue weighted by Gasteiger charge is -2.17. The van der Waals surface area contributed by atoms with E-state index < -0.39 is 0 Å². The highest BCUT2D eigenvalue weighted by Crippen LogP contribution is 2.15. The minimum Gasteiger partial charge on any atom is -0.342 e. The van der Waals surface area contributed by atoms with E-state index >= 15 is 0 Å². The Morgan fingerprint density at radius 3 is 2.47 bits per heavy atom. The van der Waals surface area contributed by atoms with Crippen molar-refractivity contribution in [3.63, 3.8) is 0 Å². The number of halogens is 1. The lowest BCUT2D eigenvalue weighted by Crippen LogP contribution is -3.10. The van der Waals surface area contributed by atoms with Gasteiger partial charge in [0.15, 0.2) is 0 Å². The van der Waals surface area contributed by atoms with E-state index in [1.54, 1.807) is 4.90 Å². The van der Waals surface area contributed by atoms with E-state index in [1.165, 1.54) is 44.5 Å². The standard InChI is InChI=1S/C14H21ClN2/c1-16-14(8-11-17-9-2-3-10-17)12-4-6-13(15)7-5-12/h4-7,14,16H,2-3,8-11H2,1H3/p+2/t14-/m1/s1. The molecule has 0 bridgehead atoms. The maximum atomic E-state index is 5.93. The summed E-state index contributed by atoms with van der Waals surface area (Å²) >= 11 is 5.93. The average molecular weight is 255 g/mol. The van der Waals surface area contributed by atoms with Gasteiger partial charge in [0.1, 0.15) is 6.04 Å². The van der Waals surface area contributed by atoms with Crippen LogP contribution in [-0.4, -0.2) is 26.7 Å². The van der Waals surface area contributed by atoms with E-state index in [9.17, 15) is 0 Å². The molecule has 1 aromatic carbocycles. The lowest BCUT2D eigenvalue weighted by molar-refractivity contribution is -0.890. The van der Waals surface area contributed by atoms with Crippen molar-refractivity contribution in [3.8, 4) is 0 Å². The van der Waals surface area contributed by atoms with Gasteiger partial charge in [0, 0.05) is 23.4 Å². The molecule has 1 aliphatic heterocycles. The monoisotopic (exact) mass is 254 g/mol. The van der Waals surface area contributed by atoms with Crippen LogP contribution < -0.4 is 10.2 Å². The van der Waals surface area contributed by atoms with E-state index in [4.69, 9.17) is 11.6 Å². The molecule has 1 heterocycles. The number of likely N-dealkylation sites (tertiary alicyclic amines) is 1. The third-order valence-electron chi connectivity index (χ3n) is 3.82. The predicted octanol–water partition coefficient (Wildman–Crippen LogP) is 0.643. The second-order valence-electron chi connectivity index (χ2n) is 4.99. The number of quaternary nitrogens is 2. The molecule has 1 saturated heterocycles. The Hall–Kier alpha value is -0.570. The van der Waals surface area contributed by atoms with Gasteiger partial charge in [-0.05, 0) is 12.1 Å². The Kier molecular flexibility index (Phi) is 4.84. The van der Waals surface area contributed by atoms with Gasteiger partial charge in [-0.1, -0.05) is 23.7 Å². The van der Waals surface area contributed by atoms with Gasteiger partial charge in [-0.15, -0.1) is 0 Å². The molecule has 1 aromatic rings. The summed E-state index contributed by atoms with van der Waals surface area (Å²) in [5.41, 5.74) is 1.40. The van der Waals surface area contributed by atoms with Crippen LogP contribution >= 0.6 is 11.6 Å². The number of benzene rings is 1. The average Bonchev–Trinajstić information content (AvgIpc) is 2.85. The minimum absolute atomic E-state index is 0.584. The summed E-state index contributed by atoms with van der Waals surface area (Å²) in [5, 5.41) is 3.15. The Labute approximate surface area is 109 Å². The summed E-state index contributed by atoms with van der Waals surface area (Å²) in [6, 6.07) is 8.89. The van der Waals surface area contributed by atoms with E-state index in [1.807, 2.05) is 12.1 Å². The smallest absolute Gasteiger partial charge is 0.117 e. The summed E-state index contributed by atoms with van der Waals surface area (Å²) in [7, 11) is 2.17. The Bertz CT molecular complexity index is 331. The largest absolute Gasteiger partial charge is 0.342 e. The molecule has 3 N–H and O–H groups in total. The molecule has 0 spiro atoms. The first kappa shape index (κ1) is 12.9. The number of hydrogen-bond donors (Lipinski definition) is 2. The summed E-state index contributed by atoms with van der Waals surface area (Å²) in [4.78, 5) is 1.78. The van der Waals surface area contributed by atoms with Crippen molar-refractivity contribution >= 4 is 11.6 Å². The molecule has 1 aliphatic rings. The van der Waals surface area contributed by atoms with Crippen LogP contribution in [0.1, 0.15) is 30.9 Å². The third kappa shape index (κ3) is 3.70. The van der Waals surface area contributed by atoms with Crippen molar-refractivity contribution in [1.29, 1.82) is 0 Å². The highest BCUT2D eigenvalue weighted by molar-refractivity contribution is 6.30. The normalized spacial score (nSPS) is 18.5. The second kappa shape index (κ2) is 6.39. The fourth-order valence-corrected chi connectivity index (χ4v) is 2.85. The maximum Gasteiger partial charge on any atom is 0.117 e. The molecule has 1 fully saturated rings. The van der Waals surface area contributed by atoms with Gasteiger partial charge in [0.2, 0.25) is 0 Å². The first-order chi connectivity index (χ1) is 8.29. The zero-order chi connectivity index (χ0) is 12.1. The zero-order valence-corrected chi connectivity index (χ0v) is 11.3. The van der Waals surface area contributed by atoms with Gasteiger partial charge in [-0.3, -0.25) is 0 Å². The van der Waals surface area contributed by atoms with Crippen LogP contribution in [0.3, 0.4) is 0 Å². The van der Waals surface area contributed by atoms with Crippen molar-refractivity contribution in [2.75, 3.05) is 26.7 Å². The molecule has 0 saturated carbocycles. The summed E-state index contributed by atoms with van der Waals surface area (Å²) in [6.07, 6.45) is 4.08. The number of nitrogens with one attached hydrogen (secondary N) is 1. The quantitative estimate of drug-likeness (QED) is 0.770. The van der Waals surface area contributed by atoms with Crippen LogP contribution in [0.4, 0.5) is 0 Å². The number of hydrogen-bond acceptors (Lipinski definition) is 0. The highest BCUT2D eigenvalue weighted by Gasteiger charge is 2.19. The van der Waals surface area contributed by atoms with Crippen LogP contribution in [0.15, 0.2) is 24.3 Å². The Balaban J connectivity index is 1.89. The highest BCUT2D eigenvalue weighted by atomic mass is 35.5. The van der Waals surface area contributed by atoms with Gasteiger partial charge < -0.3 is 10.2 Å². The fraction of sp³-hybridized carbons (Fsp3) is 0.571. The van der Waals surface area contributed by atoms with Gasteiger partial charge in [-0.2, -0.15) is 0 Å². The molecular formula is C14H23ClN2+2.